The number of nitrogens with zero attached hydrogens (tertiary/aromatic N) is 1. The molecule has 1 saturated heterocycles. The molecule has 0 unspecified atom stereocenters. The zero-order valence-corrected chi connectivity index (χ0v) is 14.8. The van der Waals surface area contributed by atoms with Crippen molar-refractivity contribution in [3.05, 3.63) is 12.2 Å². The molecule has 6 saturated carbocycles. The van der Waals surface area contributed by atoms with Gasteiger partial charge in [0.15, 0.2) is 0 Å². The molecule has 0 N–H and O–H groups in total. The van der Waals surface area contributed by atoms with Gasteiger partial charge in [-0.3, -0.25) is 14.5 Å². The van der Waals surface area contributed by atoms with Crippen LogP contribution < -0.4 is 0 Å². The van der Waals surface area contributed by atoms with Crippen molar-refractivity contribution in [3.63, 3.8) is 0 Å². The van der Waals surface area contributed by atoms with Crippen LogP contribution in [-0.4, -0.2) is 23.3 Å². The van der Waals surface area contributed by atoms with E-state index in [-0.39, 0.29) is 29.1 Å². The first-order chi connectivity index (χ1) is 12.1. The molecule has 0 aromatic rings. The van der Waals surface area contributed by atoms with Crippen LogP contribution in [0.25, 0.3) is 0 Å². The minimum absolute atomic E-state index is 0.00101. The summed E-state index contributed by atoms with van der Waals surface area (Å²) in [5.41, 5.74) is 0.607. The number of amides is 2. The van der Waals surface area contributed by atoms with Gasteiger partial charge >= 0.3 is 0 Å². The van der Waals surface area contributed by atoms with Gasteiger partial charge < -0.3 is 0 Å². The van der Waals surface area contributed by atoms with Crippen LogP contribution in [0.1, 0.15) is 51.4 Å². The molecule has 7 aliphatic carbocycles. The summed E-state index contributed by atoms with van der Waals surface area (Å²) in [6, 6.07) is 0. The Kier molecular flexibility index (Phi) is 2.28. The molecule has 0 aromatic heterocycles. The summed E-state index contributed by atoms with van der Waals surface area (Å²) in [5.74, 6) is 3.80. The molecule has 8 aliphatic rings. The lowest BCUT2D eigenvalue weighted by atomic mass is 9.49. The smallest absolute Gasteiger partial charge is 0.233 e. The molecular formula is C22H27NO2. The molecule has 3 nitrogen and oxygen atoms in total. The Morgan fingerprint density at radius 2 is 1.32 bits per heavy atom. The lowest BCUT2D eigenvalue weighted by molar-refractivity contribution is -0.147. The fraction of sp³-hybridized carbons (Fsp3) is 0.818. The highest BCUT2D eigenvalue weighted by molar-refractivity contribution is 6.06. The van der Waals surface area contributed by atoms with Crippen molar-refractivity contribution < 1.29 is 9.59 Å². The molecule has 0 radical (unpaired) electrons. The van der Waals surface area contributed by atoms with Gasteiger partial charge in [-0.15, -0.1) is 0 Å². The predicted molar refractivity (Wildman–Crippen MR) is 92.1 cm³/mol. The minimum atomic E-state index is -0.00101. The second-order valence-corrected chi connectivity index (χ2v) is 10.9. The molecule has 25 heavy (non-hydrogen) atoms. The fourth-order valence-corrected chi connectivity index (χ4v) is 9.12. The second kappa shape index (κ2) is 4.07. The van der Waals surface area contributed by atoms with Crippen LogP contribution in [0.4, 0.5) is 0 Å². The van der Waals surface area contributed by atoms with E-state index in [4.69, 9.17) is 0 Å². The van der Waals surface area contributed by atoms with Gasteiger partial charge in [0.1, 0.15) is 0 Å². The number of fused-ring (bicyclic) bond motifs is 3. The summed E-state index contributed by atoms with van der Waals surface area (Å²) in [6.07, 6.45) is 15.1. The molecule has 8 rings (SSSR count). The zero-order valence-electron chi connectivity index (χ0n) is 14.8. The third-order valence-electron chi connectivity index (χ3n) is 9.60. The van der Waals surface area contributed by atoms with Gasteiger partial charge in [0, 0.05) is 6.54 Å². The van der Waals surface area contributed by atoms with Gasteiger partial charge in [-0.05, 0) is 91.8 Å². The molecule has 2 amide bonds. The molecule has 4 atom stereocenters. The maximum Gasteiger partial charge on any atom is 0.233 e. The van der Waals surface area contributed by atoms with Crippen molar-refractivity contribution >= 4 is 11.8 Å². The number of allylic oxidation sites excluding steroid dienone is 2. The Bertz CT molecular complexity index is 663. The van der Waals surface area contributed by atoms with Crippen molar-refractivity contribution in [2.45, 2.75) is 51.4 Å². The maximum absolute atomic E-state index is 13.3. The molecule has 1 spiro atoms. The number of carbonyl (C=O) groups excluding carboxylic acids is 2. The van der Waals surface area contributed by atoms with Crippen LogP contribution in [0, 0.1) is 52.3 Å². The highest BCUT2D eigenvalue weighted by Crippen LogP contribution is 2.73. The van der Waals surface area contributed by atoms with Crippen molar-refractivity contribution in [1.82, 2.24) is 4.90 Å². The van der Waals surface area contributed by atoms with Crippen molar-refractivity contribution in [2.75, 3.05) is 6.54 Å². The van der Waals surface area contributed by atoms with Gasteiger partial charge in [-0.2, -0.15) is 0 Å². The van der Waals surface area contributed by atoms with E-state index in [2.05, 4.69) is 12.2 Å². The number of carbonyl (C=O) groups is 2. The summed E-state index contributed by atoms with van der Waals surface area (Å²) < 4.78 is 0. The van der Waals surface area contributed by atoms with E-state index in [1.54, 1.807) is 4.90 Å². The van der Waals surface area contributed by atoms with Crippen LogP contribution >= 0.6 is 0 Å². The first-order valence-corrected chi connectivity index (χ1v) is 10.6. The van der Waals surface area contributed by atoms with Gasteiger partial charge in [-0.1, -0.05) is 12.2 Å². The van der Waals surface area contributed by atoms with E-state index in [0.29, 0.717) is 17.3 Å². The zero-order chi connectivity index (χ0) is 16.6. The van der Waals surface area contributed by atoms with Crippen LogP contribution in [-0.2, 0) is 9.59 Å². The highest BCUT2D eigenvalue weighted by Gasteiger charge is 2.73. The number of imide groups is 1. The largest absolute Gasteiger partial charge is 0.282 e. The molecule has 0 aromatic carbocycles. The average molecular weight is 337 g/mol. The lowest BCUT2D eigenvalue weighted by Crippen LogP contribution is -2.52. The van der Waals surface area contributed by atoms with Crippen LogP contribution in [0.3, 0.4) is 0 Å². The third-order valence-corrected chi connectivity index (χ3v) is 9.60. The summed E-state index contributed by atoms with van der Waals surface area (Å²) >= 11 is 0. The van der Waals surface area contributed by atoms with Crippen LogP contribution in [0.5, 0.6) is 0 Å². The molecule has 1 aliphatic heterocycles. The molecule has 6 bridgehead atoms. The fourth-order valence-electron chi connectivity index (χ4n) is 9.12. The third kappa shape index (κ3) is 1.52. The van der Waals surface area contributed by atoms with Gasteiger partial charge in [-0.25, -0.2) is 0 Å². The molecule has 7 fully saturated rings. The van der Waals surface area contributed by atoms with E-state index in [0.717, 1.165) is 24.3 Å². The summed E-state index contributed by atoms with van der Waals surface area (Å²) in [6.45, 7) is 0.758. The molecular weight excluding hydrogens is 310 g/mol. The molecule has 3 heteroatoms. The first-order valence-electron chi connectivity index (χ1n) is 10.6. The van der Waals surface area contributed by atoms with E-state index in [9.17, 15) is 9.59 Å². The summed E-state index contributed by atoms with van der Waals surface area (Å²) in [7, 11) is 0. The van der Waals surface area contributed by atoms with Gasteiger partial charge in [0.2, 0.25) is 11.8 Å². The van der Waals surface area contributed by atoms with Crippen LogP contribution in [0.15, 0.2) is 12.2 Å². The Labute approximate surface area is 149 Å². The summed E-state index contributed by atoms with van der Waals surface area (Å²) in [4.78, 5) is 28.4. The second-order valence-electron chi connectivity index (χ2n) is 10.9. The average Bonchev–Trinajstić information content (AvgIpc) is 3.17. The van der Waals surface area contributed by atoms with Crippen molar-refractivity contribution in [1.29, 1.82) is 0 Å². The van der Waals surface area contributed by atoms with E-state index in [1.165, 1.54) is 51.4 Å². The quantitative estimate of drug-likeness (QED) is 0.572. The molecule has 132 valence electrons. The van der Waals surface area contributed by atoms with Gasteiger partial charge in [0.05, 0.1) is 11.8 Å². The first kappa shape index (κ1) is 14.0. The topological polar surface area (TPSA) is 37.4 Å². The normalized spacial score (nSPS) is 55.7. The number of hydrogen-bond acceptors (Lipinski definition) is 2. The van der Waals surface area contributed by atoms with Crippen molar-refractivity contribution in [3.8, 4) is 0 Å². The lowest BCUT2D eigenvalue weighted by Gasteiger charge is -2.57. The van der Waals surface area contributed by atoms with E-state index < -0.39 is 0 Å². The Hall–Kier alpha value is -1.12. The van der Waals surface area contributed by atoms with Crippen molar-refractivity contribution in [2.24, 2.45) is 52.3 Å². The minimum Gasteiger partial charge on any atom is -0.282 e. The SMILES string of the molecule is O=C1[C@@H]2[C@H](C(=O)N1CC13CC4CC(CC(C4)C1)C3)[C@H]1C=C[C@@H]2C12CC2. The predicted octanol–water partition coefficient (Wildman–Crippen LogP) is 3.40. The number of likely N-dealkylation sites (tertiary alicyclic amines) is 1. The van der Waals surface area contributed by atoms with Gasteiger partial charge in [0.25, 0.3) is 0 Å². The summed E-state index contributed by atoms with van der Waals surface area (Å²) in [5, 5.41) is 0. The Morgan fingerprint density at radius 1 is 0.840 bits per heavy atom. The maximum atomic E-state index is 13.3. The molecule has 1 heterocycles. The van der Waals surface area contributed by atoms with Crippen LogP contribution in [0.2, 0.25) is 0 Å². The number of rotatable bonds is 2. The standard InChI is InChI=1S/C22H27NO2/c24-19-17-15-1-2-16(22(15)3-4-22)18(17)20(25)23(19)11-21-8-12-5-13(9-21)7-14(6-12)10-21/h1-2,12-18H,3-11H2/t12?,13?,14?,15-,16+,17-,18+,21?. The number of hydrogen-bond donors (Lipinski definition) is 0. The monoisotopic (exact) mass is 337 g/mol. The Morgan fingerprint density at radius 3 is 1.76 bits per heavy atom. The van der Waals surface area contributed by atoms with E-state index >= 15 is 0 Å². The van der Waals surface area contributed by atoms with E-state index in [1.807, 2.05) is 0 Å². The Balaban J connectivity index is 1.20. The highest BCUT2D eigenvalue weighted by atomic mass is 16.2.